The molecule has 3 saturated carbocycles. The highest BCUT2D eigenvalue weighted by Crippen LogP contribution is 2.61. The van der Waals surface area contributed by atoms with E-state index in [0.29, 0.717) is 17.9 Å². The van der Waals surface area contributed by atoms with Gasteiger partial charge in [0.15, 0.2) is 0 Å². The molecular formula is C25H34N2O2. The Bertz CT molecular complexity index is 876. The van der Waals surface area contributed by atoms with Crippen LogP contribution < -0.4 is 5.32 Å². The van der Waals surface area contributed by atoms with E-state index in [0.717, 1.165) is 60.2 Å². The maximum atomic E-state index is 12.6. The van der Waals surface area contributed by atoms with Gasteiger partial charge in [0.1, 0.15) is 5.58 Å². The van der Waals surface area contributed by atoms with E-state index in [4.69, 9.17) is 4.42 Å². The number of amides is 1. The Morgan fingerprint density at radius 1 is 1.17 bits per heavy atom. The molecule has 1 N–H and O–H groups in total. The lowest BCUT2D eigenvalue weighted by atomic mass is 9.45. The van der Waals surface area contributed by atoms with Crippen LogP contribution in [0.2, 0.25) is 0 Å². The molecule has 2 unspecified atom stereocenters. The zero-order valence-corrected chi connectivity index (χ0v) is 17.8. The van der Waals surface area contributed by atoms with E-state index in [1.165, 1.54) is 25.8 Å². The zero-order chi connectivity index (χ0) is 20.0. The number of nitrogens with one attached hydrogen (secondary N) is 1. The van der Waals surface area contributed by atoms with Crippen molar-refractivity contribution in [2.24, 2.45) is 23.2 Å². The molecule has 4 fully saturated rings. The van der Waals surface area contributed by atoms with E-state index in [1.807, 2.05) is 24.3 Å². The second-order valence-corrected chi connectivity index (χ2v) is 10.3. The van der Waals surface area contributed by atoms with Crippen LogP contribution in [-0.4, -0.2) is 36.5 Å². The van der Waals surface area contributed by atoms with Crippen molar-refractivity contribution >= 4 is 16.9 Å². The van der Waals surface area contributed by atoms with Crippen molar-refractivity contribution in [1.29, 1.82) is 0 Å². The minimum atomic E-state index is 0.131. The maximum absolute atomic E-state index is 12.6. The molecule has 1 amide bonds. The maximum Gasteiger partial charge on any atom is 0.224 e. The number of nitrogens with zero attached hydrogens (tertiary/aromatic N) is 1. The van der Waals surface area contributed by atoms with E-state index in [2.05, 4.69) is 24.1 Å². The molecule has 0 spiro atoms. The molecule has 2 bridgehead atoms. The van der Waals surface area contributed by atoms with Crippen LogP contribution >= 0.6 is 0 Å². The molecule has 1 aromatic carbocycles. The van der Waals surface area contributed by atoms with Gasteiger partial charge in [-0.15, -0.1) is 0 Å². The first kappa shape index (κ1) is 19.2. The summed E-state index contributed by atoms with van der Waals surface area (Å²) in [4.78, 5) is 15.3. The van der Waals surface area contributed by atoms with Gasteiger partial charge in [-0.05, 0) is 73.0 Å². The van der Waals surface area contributed by atoms with Crippen molar-refractivity contribution in [2.45, 2.75) is 58.4 Å². The number of carbonyl (C=O) groups is 1. The highest BCUT2D eigenvalue weighted by atomic mass is 16.3. The summed E-state index contributed by atoms with van der Waals surface area (Å²) in [7, 11) is 0. The van der Waals surface area contributed by atoms with Gasteiger partial charge in [0.05, 0.1) is 12.7 Å². The Morgan fingerprint density at radius 3 is 2.76 bits per heavy atom. The highest BCUT2D eigenvalue weighted by Gasteiger charge is 2.54. The van der Waals surface area contributed by atoms with Crippen molar-refractivity contribution in [3.8, 4) is 0 Å². The third-order valence-corrected chi connectivity index (χ3v) is 8.38. The summed E-state index contributed by atoms with van der Waals surface area (Å²) >= 11 is 0. The number of hydrogen-bond donors (Lipinski definition) is 1. The van der Waals surface area contributed by atoms with E-state index < -0.39 is 0 Å². The molecule has 4 nitrogen and oxygen atoms in total. The fourth-order valence-corrected chi connectivity index (χ4v) is 6.44. The quantitative estimate of drug-likeness (QED) is 0.804. The monoisotopic (exact) mass is 394 g/mol. The van der Waals surface area contributed by atoms with Gasteiger partial charge >= 0.3 is 0 Å². The molecule has 156 valence electrons. The summed E-state index contributed by atoms with van der Waals surface area (Å²) in [5, 5.41) is 4.33. The van der Waals surface area contributed by atoms with Crippen LogP contribution in [0.15, 0.2) is 34.9 Å². The molecule has 1 aromatic heterocycles. The molecule has 1 aliphatic heterocycles. The Hall–Kier alpha value is -1.81. The van der Waals surface area contributed by atoms with Gasteiger partial charge in [0.2, 0.25) is 5.91 Å². The lowest BCUT2D eigenvalue weighted by molar-refractivity contribution is -0.121. The molecule has 2 aromatic rings. The minimum absolute atomic E-state index is 0.131. The van der Waals surface area contributed by atoms with Crippen molar-refractivity contribution in [3.05, 3.63) is 36.1 Å². The molecule has 6 rings (SSSR count). The molecule has 0 radical (unpaired) electrons. The van der Waals surface area contributed by atoms with E-state index in [9.17, 15) is 4.79 Å². The van der Waals surface area contributed by atoms with Gasteiger partial charge in [-0.3, -0.25) is 4.79 Å². The summed E-state index contributed by atoms with van der Waals surface area (Å²) in [6, 6.07) is 8.20. The number of fused-ring (bicyclic) bond motifs is 3. The summed E-state index contributed by atoms with van der Waals surface area (Å²) < 4.78 is 5.45. The largest absolute Gasteiger partial charge is 0.464 e. The Balaban J connectivity index is 1.10. The van der Waals surface area contributed by atoms with Crippen molar-refractivity contribution in [3.63, 3.8) is 0 Å². The third kappa shape index (κ3) is 3.61. The number of piperidine rings is 1. The first-order chi connectivity index (χ1) is 14.0. The van der Waals surface area contributed by atoms with Crippen LogP contribution in [0.4, 0.5) is 0 Å². The molecule has 1 saturated heterocycles. The van der Waals surface area contributed by atoms with Gasteiger partial charge in [0, 0.05) is 31.1 Å². The van der Waals surface area contributed by atoms with Crippen molar-refractivity contribution < 1.29 is 9.21 Å². The summed E-state index contributed by atoms with van der Waals surface area (Å²) in [6.07, 6.45) is 8.60. The normalized spacial score (nSPS) is 29.5. The topological polar surface area (TPSA) is 45.5 Å². The minimum Gasteiger partial charge on any atom is -0.464 e. The fourth-order valence-electron chi connectivity index (χ4n) is 6.44. The zero-order valence-electron chi connectivity index (χ0n) is 17.8. The molecule has 4 aliphatic rings. The number of rotatable bonds is 5. The Morgan fingerprint density at radius 2 is 2.00 bits per heavy atom. The molecule has 4 heteroatoms. The van der Waals surface area contributed by atoms with Crippen LogP contribution in [-0.2, 0) is 11.2 Å². The van der Waals surface area contributed by atoms with E-state index in [1.54, 1.807) is 6.26 Å². The van der Waals surface area contributed by atoms with Gasteiger partial charge in [-0.2, -0.15) is 0 Å². The molecule has 3 aliphatic carbocycles. The van der Waals surface area contributed by atoms with Crippen LogP contribution in [0.5, 0.6) is 0 Å². The standard InChI is InChI=1S/C25H34N2O2/c1-25(2)19-7-6-18(22(25)15-19)16-27-11-8-20(9-12-27)26-24(28)14-17-4-3-5-23-21(17)10-13-29-23/h3-5,10,13,18-20,22H,6-9,11-12,14-16H2,1-2H3,(H,26,28)/t18-,19?,22?/m1/s1. The van der Waals surface area contributed by atoms with Crippen LogP contribution in [0.25, 0.3) is 11.0 Å². The van der Waals surface area contributed by atoms with Crippen LogP contribution in [0.1, 0.15) is 51.5 Å². The molecular weight excluding hydrogens is 360 g/mol. The molecule has 3 atom stereocenters. The fraction of sp³-hybridized carbons (Fsp3) is 0.640. The number of carbonyl (C=O) groups excluding carboxylic acids is 1. The van der Waals surface area contributed by atoms with Gasteiger partial charge in [0.25, 0.3) is 0 Å². The lowest BCUT2D eigenvalue weighted by Crippen LogP contribution is -2.55. The van der Waals surface area contributed by atoms with Gasteiger partial charge in [-0.25, -0.2) is 0 Å². The average molecular weight is 395 g/mol. The number of likely N-dealkylation sites (tertiary alicyclic amines) is 1. The molecule has 29 heavy (non-hydrogen) atoms. The Labute approximate surface area is 174 Å². The predicted octanol–water partition coefficient (Wildman–Crippen LogP) is 4.63. The van der Waals surface area contributed by atoms with Crippen molar-refractivity contribution in [1.82, 2.24) is 10.2 Å². The second kappa shape index (κ2) is 7.46. The van der Waals surface area contributed by atoms with E-state index in [-0.39, 0.29) is 5.91 Å². The van der Waals surface area contributed by atoms with Gasteiger partial charge < -0.3 is 14.6 Å². The first-order valence-corrected chi connectivity index (χ1v) is 11.5. The predicted molar refractivity (Wildman–Crippen MR) is 116 cm³/mol. The smallest absolute Gasteiger partial charge is 0.224 e. The SMILES string of the molecule is CC1(C)C2CC[C@H](CN3CCC(NC(=O)Cc4cccc5occc45)CC3)C1C2. The Kier molecular flexibility index (Phi) is 4.93. The number of furan rings is 1. The van der Waals surface area contributed by atoms with Gasteiger partial charge in [-0.1, -0.05) is 26.0 Å². The molecule has 2 heterocycles. The lowest BCUT2D eigenvalue weighted by Gasteiger charge is -2.60. The van der Waals surface area contributed by atoms with E-state index >= 15 is 0 Å². The summed E-state index contributed by atoms with van der Waals surface area (Å²) in [5.74, 6) is 2.94. The number of hydrogen-bond acceptors (Lipinski definition) is 3. The summed E-state index contributed by atoms with van der Waals surface area (Å²) in [6.45, 7) is 8.49. The highest BCUT2D eigenvalue weighted by molar-refractivity contribution is 5.87. The van der Waals surface area contributed by atoms with Crippen LogP contribution in [0.3, 0.4) is 0 Å². The first-order valence-electron chi connectivity index (χ1n) is 11.5. The third-order valence-electron chi connectivity index (χ3n) is 8.38. The number of benzene rings is 1. The second-order valence-electron chi connectivity index (χ2n) is 10.3. The van der Waals surface area contributed by atoms with Crippen molar-refractivity contribution in [2.75, 3.05) is 19.6 Å². The van der Waals surface area contributed by atoms with Crippen LogP contribution in [0, 0.1) is 23.2 Å². The average Bonchev–Trinajstić information content (AvgIpc) is 3.19. The summed E-state index contributed by atoms with van der Waals surface area (Å²) in [5.41, 5.74) is 2.48.